The summed E-state index contributed by atoms with van der Waals surface area (Å²) >= 11 is 0. The van der Waals surface area contributed by atoms with Crippen molar-refractivity contribution >= 4 is 11.9 Å². The summed E-state index contributed by atoms with van der Waals surface area (Å²) in [5.41, 5.74) is 2.32. The van der Waals surface area contributed by atoms with Gasteiger partial charge in [-0.25, -0.2) is 0 Å². The third-order valence-corrected chi connectivity index (χ3v) is 4.11. The van der Waals surface area contributed by atoms with Crippen molar-refractivity contribution in [3.05, 3.63) is 95.9 Å². The Morgan fingerprint density at radius 2 is 1.63 bits per heavy atom. The highest BCUT2D eigenvalue weighted by Crippen LogP contribution is 2.10. The maximum absolute atomic E-state index is 12.3. The maximum atomic E-state index is 12.3. The molecule has 0 aliphatic rings. The van der Waals surface area contributed by atoms with E-state index in [1.807, 2.05) is 53.4 Å². The van der Waals surface area contributed by atoms with Crippen LogP contribution in [0.15, 0.2) is 88.5 Å². The molecule has 0 N–H and O–H groups in total. The first kappa shape index (κ1) is 18.5. The second-order valence-electron chi connectivity index (χ2n) is 6.02. The standard InChI is InChI=1S/C22H22N2O3/c1-26-22(23-21(25)20-13-8-16-27-20)24(17-19-11-6-3-7-12-19)15-14-18-9-4-2-5-10-18/h2-13,16H,14-15,17H2,1H3. The van der Waals surface area contributed by atoms with Gasteiger partial charge in [0, 0.05) is 13.1 Å². The summed E-state index contributed by atoms with van der Waals surface area (Å²) < 4.78 is 10.6. The van der Waals surface area contributed by atoms with Crippen LogP contribution in [0.25, 0.3) is 0 Å². The first-order valence-corrected chi connectivity index (χ1v) is 8.79. The Morgan fingerprint density at radius 3 is 2.22 bits per heavy atom. The number of methoxy groups -OCH3 is 1. The molecule has 3 rings (SSSR count). The van der Waals surface area contributed by atoms with Gasteiger partial charge >= 0.3 is 5.91 Å². The number of hydrogen-bond acceptors (Lipinski definition) is 3. The predicted octanol–water partition coefficient (Wildman–Crippen LogP) is 4.17. The molecule has 0 aliphatic heterocycles. The van der Waals surface area contributed by atoms with Crippen LogP contribution in [0.4, 0.5) is 0 Å². The molecule has 0 saturated carbocycles. The van der Waals surface area contributed by atoms with Gasteiger partial charge in [0.1, 0.15) is 0 Å². The molecule has 1 heterocycles. The number of benzene rings is 2. The van der Waals surface area contributed by atoms with Crippen LogP contribution in [0.2, 0.25) is 0 Å². The minimum atomic E-state index is -0.463. The number of furan rings is 1. The van der Waals surface area contributed by atoms with Gasteiger partial charge in [0.05, 0.1) is 13.4 Å². The number of nitrogens with zero attached hydrogens (tertiary/aromatic N) is 2. The van der Waals surface area contributed by atoms with E-state index in [2.05, 4.69) is 17.1 Å². The summed E-state index contributed by atoms with van der Waals surface area (Å²) in [4.78, 5) is 18.4. The summed E-state index contributed by atoms with van der Waals surface area (Å²) in [6.07, 6.45) is 2.26. The van der Waals surface area contributed by atoms with Gasteiger partial charge in [0.2, 0.25) is 0 Å². The lowest BCUT2D eigenvalue weighted by molar-refractivity contribution is 0.0969. The van der Waals surface area contributed by atoms with Crippen LogP contribution in [-0.2, 0) is 17.7 Å². The Bertz CT molecular complexity index is 859. The molecule has 0 aliphatic carbocycles. The van der Waals surface area contributed by atoms with Crippen LogP contribution in [0.5, 0.6) is 0 Å². The second kappa shape index (κ2) is 9.38. The molecular formula is C22H22N2O3. The van der Waals surface area contributed by atoms with E-state index in [1.54, 1.807) is 12.1 Å². The van der Waals surface area contributed by atoms with Crippen molar-refractivity contribution in [1.29, 1.82) is 0 Å². The number of aliphatic imine (C=N–C) groups is 1. The smallest absolute Gasteiger partial charge is 0.317 e. The van der Waals surface area contributed by atoms with Gasteiger partial charge in [-0.1, -0.05) is 60.7 Å². The van der Waals surface area contributed by atoms with Crippen molar-refractivity contribution in [2.45, 2.75) is 13.0 Å². The summed E-state index contributed by atoms with van der Waals surface area (Å²) in [7, 11) is 1.52. The number of rotatable bonds is 6. The average molecular weight is 362 g/mol. The molecule has 0 fully saturated rings. The monoisotopic (exact) mass is 362 g/mol. The molecule has 0 saturated heterocycles. The second-order valence-corrected chi connectivity index (χ2v) is 6.02. The Balaban J connectivity index is 1.80. The Labute approximate surface area is 158 Å². The zero-order chi connectivity index (χ0) is 18.9. The number of carbonyl (C=O) groups excluding carboxylic acids is 1. The molecule has 1 aromatic heterocycles. The van der Waals surface area contributed by atoms with Crippen molar-refractivity contribution in [2.75, 3.05) is 13.7 Å². The lowest BCUT2D eigenvalue weighted by Gasteiger charge is -2.24. The summed E-state index contributed by atoms with van der Waals surface area (Å²) in [6.45, 7) is 1.25. The zero-order valence-corrected chi connectivity index (χ0v) is 15.2. The topological polar surface area (TPSA) is 55.0 Å². The molecule has 27 heavy (non-hydrogen) atoms. The summed E-state index contributed by atoms with van der Waals surface area (Å²) in [6, 6.07) is 23.7. The van der Waals surface area contributed by atoms with E-state index in [4.69, 9.17) is 9.15 Å². The molecule has 0 bridgehead atoms. The van der Waals surface area contributed by atoms with Crippen LogP contribution in [-0.4, -0.2) is 30.5 Å². The van der Waals surface area contributed by atoms with Crippen LogP contribution in [0, 0.1) is 0 Å². The SMILES string of the molecule is COC(=NC(=O)c1ccco1)N(CCc1ccccc1)Cc1ccccc1. The molecule has 0 atom stereocenters. The van der Waals surface area contributed by atoms with Crippen LogP contribution in [0.1, 0.15) is 21.7 Å². The number of amides is 1. The third-order valence-electron chi connectivity index (χ3n) is 4.11. The molecule has 5 heteroatoms. The third kappa shape index (κ3) is 5.31. The van der Waals surface area contributed by atoms with E-state index in [-0.39, 0.29) is 11.8 Å². The van der Waals surface area contributed by atoms with Gasteiger partial charge in [-0.05, 0) is 29.7 Å². The largest absolute Gasteiger partial charge is 0.468 e. The van der Waals surface area contributed by atoms with E-state index in [9.17, 15) is 4.79 Å². The number of ether oxygens (including phenoxy) is 1. The highest BCUT2D eigenvalue weighted by Gasteiger charge is 2.17. The predicted molar refractivity (Wildman–Crippen MR) is 104 cm³/mol. The zero-order valence-electron chi connectivity index (χ0n) is 15.2. The van der Waals surface area contributed by atoms with Gasteiger partial charge in [0.15, 0.2) is 5.76 Å². The van der Waals surface area contributed by atoms with E-state index >= 15 is 0 Å². The molecule has 0 radical (unpaired) electrons. The van der Waals surface area contributed by atoms with Gasteiger partial charge in [-0.3, -0.25) is 4.79 Å². The van der Waals surface area contributed by atoms with Gasteiger partial charge in [-0.15, -0.1) is 0 Å². The molecular weight excluding hydrogens is 340 g/mol. The van der Waals surface area contributed by atoms with Crippen molar-refractivity contribution in [1.82, 2.24) is 4.90 Å². The van der Waals surface area contributed by atoms with Gasteiger partial charge in [0.25, 0.3) is 6.02 Å². The fourth-order valence-electron chi connectivity index (χ4n) is 2.74. The quantitative estimate of drug-likeness (QED) is 0.488. The molecule has 0 spiro atoms. The fourth-order valence-corrected chi connectivity index (χ4v) is 2.74. The van der Waals surface area contributed by atoms with Crippen molar-refractivity contribution in [3.63, 3.8) is 0 Å². The fraction of sp³-hybridized carbons (Fsp3) is 0.182. The molecule has 3 aromatic rings. The lowest BCUT2D eigenvalue weighted by atomic mass is 10.1. The summed E-state index contributed by atoms with van der Waals surface area (Å²) in [5.74, 6) is -0.276. The Morgan fingerprint density at radius 1 is 0.963 bits per heavy atom. The van der Waals surface area contributed by atoms with Crippen LogP contribution in [0.3, 0.4) is 0 Å². The average Bonchev–Trinajstić information content (AvgIpc) is 3.26. The number of carbonyl (C=O) groups is 1. The Hall–Kier alpha value is -3.34. The van der Waals surface area contributed by atoms with E-state index < -0.39 is 5.91 Å². The minimum Gasteiger partial charge on any atom is -0.468 e. The molecule has 1 amide bonds. The van der Waals surface area contributed by atoms with Gasteiger partial charge < -0.3 is 14.1 Å². The first-order valence-electron chi connectivity index (χ1n) is 8.79. The van der Waals surface area contributed by atoms with Gasteiger partial charge in [-0.2, -0.15) is 4.99 Å². The van der Waals surface area contributed by atoms with Crippen molar-refractivity contribution in [3.8, 4) is 0 Å². The molecule has 138 valence electrons. The maximum Gasteiger partial charge on any atom is 0.317 e. The van der Waals surface area contributed by atoms with Crippen LogP contribution < -0.4 is 0 Å². The molecule has 0 unspecified atom stereocenters. The Kier molecular flexibility index (Phi) is 6.41. The normalized spacial score (nSPS) is 11.2. The highest BCUT2D eigenvalue weighted by molar-refractivity contribution is 5.99. The van der Waals surface area contributed by atoms with Crippen molar-refractivity contribution < 1.29 is 13.9 Å². The summed E-state index contributed by atoms with van der Waals surface area (Å²) in [5, 5.41) is 0. The van der Waals surface area contributed by atoms with E-state index in [0.717, 1.165) is 12.0 Å². The minimum absolute atomic E-state index is 0.187. The van der Waals surface area contributed by atoms with E-state index in [0.29, 0.717) is 13.1 Å². The van der Waals surface area contributed by atoms with E-state index in [1.165, 1.54) is 18.9 Å². The van der Waals surface area contributed by atoms with Crippen molar-refractivity contribution in [2.24, 2.45) is 4.99 Å². The number of amidine groups is 1. The lowest BCUT2D eigenvalue weighted by Crippen LogP contribution is -2.34. The molecule has 2 aromatic carbocycles. The molecule has 5 nitrogen and oxygen atoms in total. The number of hydrogen-bond donors (Lipinski definition) is 0. The van der Waals surface area contributed by atoms with Crippen LogP contribution >= 0.6 is 0 Å². The first-order chi connectivity index (χ1) is 13.3. The highest BCUT2D eigenvalue weighted by atomic mass is 16.5.